The van der Waals surface area contributed by atoms with Gasteiger partial charge in [0.25, 0.3) is 0 Å². The lowest BCUT2D eigenvalue weighted by molar-refractivity contribution is -0.125. The molecule has 4 rings (SSSR count). The first-order valence-electron chi connectivity index (χ1n) is 14.1. The lowest BCUT2D eigenvalue weighted by Gasteiger charge is -2.22. The second-order valence-electron chi connectivity index (χ2n) is 10.2. The number of halogens is 3. The highest BCUT2D eigenvalue weighted by Crippen LogP contribution is 2.36. The fourth-order valence-corrected chi connectivity index (χ4v) is 4.57. The van der Waals surface area contributed by atoms with Crippen LogP contribution in [0, 0.1) is 30.3 Å². The molecule has 2 amide bonds. The van der Waals surface area contributed by atoms with Crippen molar-refractivity contribution in [1.29, 1.82) is 0 Å². The average Bonchev–Trinajstić information content (AvgIpc) is 3.77. The molecule has 0 radical (unpaired) electrons. The van der Waals surface area contributed by atoms with Crippen LogP contribution >= 0.6 is 0 Å². The Morgan fingerprint density at radius 1 is 1.00 bits per heavy atom. The van der Waals surface area contributed by atoms with Crippen molar-refractivity contribution in [1.82, 2.24) is 16.0 Å². The number of aryl methyl sites for hydroxylation is 2. The van der Waals surface area contributed by atoms with Gasteiger partial charge in [0.15, 0.2) is 17.5 Å². The minimum absolute atomic E-state index is 0.0289. The second kappa shape index (κ2) is 16.1. The molecule has 2 aromatic rings. The summed E-state index contributed by atoms with van der Waals surface area (Å²) in [6.07, 6.45) is 8.59. The molecule has 40 heavy (non-hydrogen) atoms. The molecule has 0 bridgehead atoms. The molecule has 1 fully saturated rings. The van der Waals surface area contributed by atoms with E-state index in [4.69, 9.17) is 4.74 Å². The Labute approximate surface area is 234 Å². The van der Waals surface area contributed by atoms with Gasteiger partial charge in [0, 0.05) is 25.6 Å². The smallest absolute Gasteiger partial charge is 0.239 e. The summed E-state index contributed by atoms with van der Waals surface area (Å²) in [7, 11) is 0. The van der Waals surface area contributed by atoms with Crippen LogP contribution in [-0.2, 0) is 16.0 Å². The van der Waals surface area contributed by atoms with Gasteiger partial charge in [-0.2, -0.15) is 0 Å². The Morgan fingerprint density at radius 3 is 2.42 bits per heavy atom. The van der Waals surface area contributed by atoms with Gasteiger partial charge in [-0.3, -0.25) is 9.59 Å². The quantitative estimate of drug-likeness (QED) is 0.360. The van der Waals surface area contributed by atoms with Crippen molar-refractivity contribution in [2.45, 2.75) is 64.8 Å². The minimum atomic E-state index is -1.41. The number of rotatable bonds is 3. The predicted octanol–water partition coefficient (Wildman–Crippen LogP) is 5.14. The minimum Gasteiger partial charge on any atom is -0.492 e. The molecule has 1 atom stereocenters. The maximum Gasteiger partial charge on any atom is 0.239 e. The number of ether oxygens (including phenoxy) is 1. The van der Waals surface area contributed by atoms with Crippen molar-refractivity contribution in [3.8, 4) is 5.75 Å². The van der Waals surface area contributed by atoms with Gasteiger partial charge in [-0.25, -0.2) is 13.2 Å². The Morgan fingerprint density at radius 2 is 1.73 bits per heavy atom. The van der Waals surface area contributed by atoms with Gasteiger partial charge in [0.1, 0.15) is 12.4 Å². The molecule has 1 aliphatic carbocycles. The number of nitrogens with one attached hydrogen (secondary N) is 3. The van der Waals surface area contributed by atoms with Crippen molar-refractivity contribution in [2.24, 2.45) is 5.92 Å². The molecule has 0 saturated heterocycles. The highest BCUT2D eigenvalue weighted by molar-refractivity contribution is 5.85. The van der Waals surface area contributed by atoms with Crippen LogP contribution in [0.1, 0.15) is 56.6 Å². The van der Waals surface area contributed by atoms with Crippen molar-refractivity contribution in [2.75, 3.05) is 26.2 Å². The van der Waals surface area contributed by atoms with Crippen LogP contribution in [0.2, 0.25) is 0 Å². The second-order valence-corrected chi connectivity index (χ2v) is 10.2. The number of para-hydroxylation sites is 1. The van der Waals surface area contributed by atoms with Gasteiger partial charge in [-0.05, 0) is 79.8 Å². The third-order valence-corrected chi connectivity index (χ3v) is 6.77. The summed E-state index contributed by atoms with van der Waals surface area (Å²) in [6.45, 7) is 5.57. The molecular weight excluding hydrogens is 519 g/mol. The van der Waals surface area contributed by atoms with Gasteiger partial charge in [-0.1, -0.05) is 37.6 Å². The Kier molecular flexibility index (Phi) is 12.5. The molecule has 2 aromatic carbocycles. The highest BCUT2D eigenvalue weighted by atomic mass is 19.2. The van der Waals surface area contributed by atoms with Crippen LogP contribution in [0.3, 0.4) is 0 Å². The van der Waals surface area contributed by atoms with Gasteiger partial charge < -0.3 is 20.7 Å². The van der Waals surface area contributed by atoms with E-state index < -0.39 is 17.5 Å². The third-order valence-electron chi connectivity index (χ3n) is 6.77. The maximum atomic E-state index is 12.5. The zero-order valence-electron chi connectivity index (χ0n) is 23.3. The van der Waals surface area contributed by atoms with Crippen LogP contribution in [-0.4, -0.2) is 44.1 Å². The number of hydrogen-bond acceptors (Lipinski definition) is 4. The van der Waals surface area contributed by atoms with Gasteiger partial charge >= 0.3 is 0 Å². The maximum absolute atomic E-state index is 12.5. The van der Waals surface area contributed by atoms with Crippen molar-refractivity contribution >= 4 is 11.8 Å². The first kappa shape index (κ1) is 31.2. The zero-order valence-corrected chi connectivity index (χ0v) is 23.3. The Hall–Kier alpha value is -3.33. The summed E-state index contributed by atoms with van der Waals surface area (Å²) in [5.74, 6) is -2.43. The molecule has 3 N–H and O–H groups in total. The van der Waals surface area contributed by atoms with Crippen LogP contribution in [0.4, 0.5) is 13.2 Å². The molecule has 1 aliphatic heterocycles. The van der Waals surface area contributed by atoms with Crippen molar-refractivity contribution in [3.63, 3.8) is 0 Å². The number of fused-ring (bicyclic) bond motifs is 1. The standard InChI is InChI=1S/C24H35N3O3.C7H5F3/c1-2-3-7-20-16-22(28)27-17-23(29)25-13-6-9-18-8-4-5-10-21(18)30-15-14-26-24(20)19-11-12-19;1-4-2-5(8)7(10)6(9)3-4/h4-5,7-8,10,19,24,26H,2-3,6,9,11-17H2,1H3,(H,25,29)(H,27,28);2-3H,1H3/b20-7-;. The molecule has 1 unspecified atom stereocenters. The molecule has 6 nitrogen and oxygen atoms in total. The number of amides is 2. The van der Waals surface area contributed by atoms with E-state index in [-0.39, 0.29) is 24.4 Å². The van der Waals surface area contributed by atoms with Crippen molar-refractivity contribution < 1.29 is 27.5 Å². The molecule has 1 saturated carbocycles. The van der Waals surface area contributed by atoms with Gasteiger partial charge in [-0.15, -0.1) is 0 Å². The normalized spacial score (nSPS) is 20.2. The largest absolute Gasteiger partial charge is 0.492 e. The first-order valence-corrected chi connectivity index (χ1v) is 14.1. The SMILES string of the molecule is CCC/C=C1/CC(=O)NCC(=O)NCCCc2ccccc2OCCNC1C1CC1.Cc1cc(F)c(F)c(F)c1. The van der Waals surface area contributed by atoms with E-state index in [0.29, 0.717) is 31.1 Å². The van der Waals surface area contributed by atoms with Crippen LogP contribution < -0.4 is 20.7 Å². The topological polar surface area (TPSA) is 79.5 Å². The van der Waals surface area contributed by atoms with E-state index in [1.54, 1.807) is 0 Å². The first-order chi connectivity index (χ1) is 19.3. The molecular formula is C31H40F3N3O3. The third kappa shape index (κ3) is 10.3. The van der Waals surface area contributed by atoms with E-state index in [2.05, 4.69) is 35.0 Å². The Balaban J connectivity index is 0.000000371. The molecule has 9 heteroatoms. The van der Waals surface area contributed by atoms with Crippen LogP contribution in [0.5, 0.6) is 5.75 Å². The molecule has 2 aliphatic rings. The van der Waals surface area contributed by atoms with E-state index in [1.165, 1.54) is 19.8 Å². The van der Waals surface area contributed by atoms with E-state index in [0.717, 1.165) is 61.2 Å². The van der Waals surface area contributed by atoms with E-state index in [9.17, 15) is 22.8 Å². The summed E-state index contributed by atoms with van der Waals surface area (Å²) in [5, 5.41) is 9.32. The summed E-state index contributed by atoms with van der Waals surface area (Å²) < 4.78 is 42.7. The zero-order chi connectivity index (χ0) is 28.9. The molecule has 0 aromatic heterocycles. The number of carbonyl (C=O) groups is 2. The van der Waals surface area contributed by atoms with Crippen molar-refractivity contribution in [3.05, 3.63) is 76.6 Å². The summed E-state index contributed by atoms with van der Waals surface area (Å²) in [6, 6.07) is 10.2. The lowest BCUT2D eigenvalue weighted by Crippen LogP contribution is -2.40. The fraction of sp³-hybridized carbons (Fsp3) is 0.484. The number of hydrogen-bond donors (Lipinski definition) is 3. The predicted molar refractivity (Wildman–Crippen MR) is 149 cm³/mol. The number of allylic oxidation sites excluding steroid dienone is 1. The van der Waals surface area contributed by atoms with Gasteiger partial charge in [0.05, 0.1) is 6.54 Å². The monoisotopic (exact) mass is 559 g/mol. The van der Waals surface area contributed by atoms with Crippen LogP contribution in [0.15, 0.2) is 48.0 Å². The number of carbonyl (C=O) groups excluding carboxylic acids is 2. The Bertz CT molecular complexity index is 1140. The van der Waals surface area contributed by atoms with Crippen LogP contribution in [0.25, 0.3) is 0 Å². The highest BCUT2D eigenvalue weighted by Gasteiger charge is 2.33. The summed E-state index contributed by atoms with van der Waals surface area (Å²) in [5.41, 5.74) is 2.67. The molecule has 218 valence electrons. The average molecular weight is 560 g/mol. The summed E-state index contributed by atoms with van der Waals surface area (Å²) in [4.78, 5) is 24.6. The molecule has 0 spiro atoms. The number of benzene rings is 2. The summed E-state index contributed by atoms with van der Waals surface area (Å²) >= 11 is 0. The van der Waals surface area contributed by atoms with E-state index in [1.807, 2.05) is 18.2 Å². The fourth-order valence-electron chi connectivity index (χ4n) is 4.57. The molecule has 1 heterocycles. The lowest BCUT2D eigenvalue weighted by atomic mass is 9.97. The van der Waals surface area contributed by atoms with Gasteiger partial charge in [0.2, 0.25) is 11.8 Å². The number of unbranched alkanes of at least 4 members (excludes halogenated alkanes) is 1. The van der Waals surface area contributed by atoms with E-state index >= 15 is 0 Å².